The molecule has 1 amide bonds. The molecule has 1 fully saturated rings. The predicted molar refractivity (Wildman–Crippen MR) is 71.5 cm³/mol. The minimum atomic E-state index is 0.119. The lowest BCUT2D eigenvalue weighted by Gasteiger charge is -2.31. The zero-order valence-corrected chi connectivity index (χ0v) is 10.9. The third-order valence-corrected chi connectivity index (χ3v) is 3.77. The number of aryl methyl sites for hydroxylation is 1. The lowest BCUT2D eigenvalue weighted by Crippen LogP contribution is -2.39. The van der Waals surface area contributed by atoms with E-state index in [1.165, 1.54) is 5.56 Å². The summed E-state index contributed by atoms with van der Waals surface area (Å²) in [5.41, 5.74) is 2.03. The first-order valence-corrected chi connectivity index (χ1v) is 6.73. The topological polar surface area (TPSA) is 40.5 Å². The van der Waals surface area contributed by atoms with E-state index in [4.69, 9.17) is 5.11 Å². The number of aliphatic hydroxyl groups is 1. The summed E-state index contributed by atoms with van der Waals surface area (Å²) in [6.45, 7) is 3.88. The second-order valence-corrected chi connectivity index (χ2v) is 4.97. The van der Waals surface area contributed by atoms with Crippen molar-refractivity contribution in [3.05, 3.63) is 35.4 Å². The fraction of sp³-hybridized carbons (Fsp3) is 0.533. The zero-order valence-electron chi connectivity index (χ0n) is 10.9. The Labute approximate surface area is 108 Å². The van der Waals surface area contributed by atoms with Crippen LogP contribution >= 0.6 is 0 Å². The fourth-order valence-electron chi connectivity index (χ4n) is 2.38. The molecule has 2 rings (SSSR count). The summed E-state index contributed by atoms with van der Waals surface area (Å²) in [6, 6.07) is 7.88. The highest BCUT2D eigenvalue weighted by Gasteiger charge is 2.22. The molecule has 0 saturated carbocycles. The highest BCUT2D eigenvalue weighted by molar-refractivity contribution is 5.94. The number of amides is 1. The molecule has 0 spiro atoms. The zero-order chi connectivity index (χ0) is 13.0. The molecule has 1 aromatic rings. The highest BCUT2D eigenvalue weighted by Crippen LogP contribution is 2.18. The maximum atomic E-state index is 12.3. The number of piperidine rings is 1. The van der Waals surface area contributed by atoms with Crippen molar-refractivity contribution in [2.45, 2.75) is 26.2 Å². The van der Waals surface area contributed by atoms with Gasteiger partial charge >= 0.3 is 0 Å². The standard InChI is InChI=1S/C15H21NO2/c1-2-12-3-5-14(6-4-12)15(18)16-9-7-13(11-17)8-10-16/h3-6,13,17H,2,7-11H2,1H3. The Kier molecular flexibility index (Phi) is 4.37. The first-order chi connectivity index (χ1) is 8.74. The van der Waals surface area contributed by atoms with Crippen LogP contribution < -0.4 is 0 Å². The van der Waals surface area contributed by atoms with Crippen LogP contribution in [0.25, 0.3) is 0 Å². The predicted octanol–water partition coefficient (Wildman–Crippen LogP) is 2.09. The molecule has 3 heteroatoms. The number of carbonyl (C=O) groups excluding carboxylic acids is 1. The molecule has 1 N–H and O–H groups in total. The summed E-state index contributed by atoms with van der Waals surface area (Å²) in [7, 11) is 0. The van der Waals surface area contributed by atoms with Gasteiger partial charge in [0.2, 0.25) is 0 Å². The van der Waals surface area contributed by atoms with Crippen LogP contribution in [0.2, 0.25) is 0 Å². The van der Waals surface area contributed by atoms with Crippen molar-refractivity contribution >= 4 is 5.91 Å². The van der Waals surface area contributed by atoms with Gasteiger partial charge in [0.15, 0.2) is 0 Å². The number of carbonyl (C=O) groups is 1. The highest BCUT2D eigenvalue weighted by atomic mass is 16.3. The Morgan fingerprint density at radius 1 is 1.28 bits per heavy atom. The van der Waals surface area contributed by atoms with Gasteiger partial charge in [-0.3, -0.25) is 4.79 Å². The van der Waals surface area contributed by atoms with E-state index in [1.807, 2.05) is 29.2 Å². The SMILES string of the molecule is CCc1ccc(C(=O)N2CCC(CO)CC2)cc1. The van der Waals surface area contributed by atoms with E-state index in [0.29, 0.717) is 5.92 Å². The monoisotopic (exact) mass is 247 g/mol. The largest absolute Gasteiger partial charge is 0.396 e. The van der Waals surface area contributed by atoms with Crippen molar-refractivity contribution in [2.75, 3.05) is 19.7 Å². The Morgan fingerprint density at radius 3 is 2.39 bits per heavy atom. The number of likely N-dealkylation sites (tertiary alicyclic amines) is 1. The Hall–Kier alpha value is -1.35. The van der Waals surface area contributed by atoms with Gasteiger partial charge in [-0.15, -0.1) is 0 Å². The van der Waals surface area contributed by atoms with Crippen LogP contribution in [0.3, 0.4) is 0 Å². The van der Waals surface area contributed by atoms with Gasteiger partial charge in [0.05, 0.1) is 0 Å². The van der Waals surface area contributed by atoms with Crippen LogP contribution in [0.15, 0.2) is 24.3 Å². The van der Waals surface area contributed by atoms with Crippen LogP contribution in [0.4, 0.5) is 0 Å². The van der Waals surface area contributed by atoms with Crippen LogP contribution in [-0.4, -0.2) is 35.6 Å². The van der Waals surface area contributed by atoms with Crippen molar-refractivity contribution in [2.24, 2.45) is 5.92 Å². The summed E-state index contributed by atoms with van der Waals surface area (Å²) in [4.78, 5) is 14.2. The number of hydrogen-bond acceptors (Lipinski definition) is 2. The minimum Gasteiger partial charge on any atom is -0.396 e. The minimum absolute atomic E-state index is 0.119. The van der Waals surface area contributed by atoms with E-state index in [2.05, 4.69) is 6.92 Å². The average Bonchev–Trinajstić information content (AvgIpc) is 2.47. The molecule has 1 saturated heterocycles. The normalized spacial score (nSPS) is 16.9. The molecule has 0 radical (unpaired) electrons. The molecule has 0 unspecified atom stereocenters. The van der Waals surface area contributed by atoms with Crippen molar-refractivity contribution in [3.8, 4) is 0 Å². The molecule has 1 aliphatic heterocycles. The Balaban J connectivity index is 1.98. The quantitative estimate of drug-likeness (QED) is 0.888. The van der Waals surface area contributed by atoms with Gasteiger partial charge < -0.3 is 10.0 Å². The van der Waals surface area contributed by atoms with Gasteiger partial charge in [-0.2, -0.15) is 0 Å². The van der Waals surface area contributed by atoms with Crippen LogP contribution in [0, 0.1) is 5.92 Å². The molecule has 0 aromatic heterocycles. The van der Waals surface area contributed by atoms with Gasteiger partial charge in [0, 0.05) is 25.3 Å². The van der Waals surface area contributed by atoms with Crippen molar-refractivity contribution in [1.29, 1.82) is 0 Å². The van der Waals surface area contributed by atoms with Gasteiger partial charge in [-0.05, 0) is 42.9 Å². The molecular formula is C15H21NO2. The first-order valence-electron chi connectivity index (χ1n) is 6.73. The second kappa shape index (κ2) is 6.01. The lowest BCUT2D eigenvalue weighted by molar-refractivity contribution is 0.0651. The molecule has 0 aliphatic carbocycles. The fourth-order valence-corrected chi connectivity index (χ4v) is 2.38. The first kappa shape index (κ1) is 13.1. The van der Waals surface area contributed by atoms with E-state index in [9.17, 15) is 4.79 Å². The molecule has 0 bridgehead atoms. The van der Waals surface area contributed by atoms with Crippen LogP contribution in [-0.2, 0) is 6.42 Å². The van der Waals surface area contributed by atoms with Gasteiger partial charge in [0.1, 0.15) is 0 Å². The van der Waals surface area contributed by atoms with Crippen molar-refractivity contribution in [1.82, 2.24) is 4.90 Å². The van der Waals surface area contributed by atoms with Crippen LogP contribution in [0.5, 0.6) is 0 Å². The molecule has 1 heterocycles. The summed E-state index contributed by atoms with van der Waals surface area (Å²) >= 11 is 0. The molecular weight excluding hydrogens is 226 g/mol. The maximum absolute atomic E-state index is 12.3. The number of aliphatic hydroxyl groups excluding tert-OH is 1. The molecule has 0 atom stereocenters. The van der Waals surface area contributed by atoms with E-state index in [1.54, 1.807) is 0 Å². The second-order valence-electron chi connectivity index (χ2n) is 4.97. The number of rotatable bonds is 3. The lowest BCUT2D eigenvalue weighted by atomic mass is 9.97. The molecule has 3 nitrogen and oxygen atoms in total. The van der Waals surface area contributed by atoms with Gasteiger partial charge in [0.25, 0.3) is 5.91 Å². The van der Waals surface area contributed by atoms with E-state index in [0.717, 1.165) is 37.9 Å². The molecule has 1 aliphatic rings. The van der Waals surface area contributed by atoms with Crippen molar-refractivity contribution in [3.63, 3.8) is 0 Å². The molecule has 18 heavy (non-hydrogen) atoms. The molecule has 98 valence electrons. The maximum Gasteiger partial charge on any atom is 0.253 e. The van der Waals surface area contributed by atoms with E-state index < -0.39 is 0 Å². The number of benzene rings is 1. The summed E-state index contributed by atoms with van der Waals surface area (Å²) in [5.74, 6) is 0.491. The average molecular weight is 247 g/mol. The molecule has 1 aromatic carbocycles. The number of hydrogen-bond donors (Lipinski definition) is 1. The third kappa shape index (κ3) is 2.91. The third-order valence-electron chi connectivity index (χ3n) is 3.77. The van der Waals surface area contributed by atoms with Crippen molar-refractivity contribution < 1.29 is 9.90 Å². The van der Waals surface area contributed by atoms with E-state index >= 15 is 0 Å². The van der Waals surface area contributed by atoms with Gasteiger partial charge in [-0.25, -0.2) is 0 Å². The van der Waals surface area contributed by atoms with E-state index in [-0.39, 0.29) is 12.5 Å². The summed E-state index contributed by atoms with van der Waals surface area (Å²) in [5, 5.41) is 9.09. The smallest absolute Gasteiger partial charge is 0.253 e. The Bertz CT molecular complexity index is 391. The van der Waals surface area contributed by atoms with Gasteiger partial charge in [-0.1, -0.05) is 19.1 Å². The summed E-state index contributed by atoms with van der Waals surface area (Å²) in [6.07, 6.45) is 2.82. The van der Waals surface area contributed by atoms with Crippen LogP contribution in [0.1, 0.15) is 35.7 Å². The number of nitrogens with zero attached hydrogens (tertiary/aromatic N) is 1. The summed E-state index contributed by atoms with van der Waals surface area (Å²) < 4.78 is 0. The Morgan fingerprint density at radius 2 is 1.89 bits per heavy atom.